The molecule has 0 amide bonds. The first-order chi connectivity index (χ1) is 12.8. The van der Waals surface area contributed by atoms with Gasteiger partial charge in [0.25, 0.3) is 0 Å². The van der Waals surface area contributed by atoms with E-state index < -0.39 is 0 Å². The summed E-state index contributed by atoms with van der Waals surface area (Å²) in [4.78, 5) is 14.2. The molecule has 146 valence electrons. The lowest BCUT2D eigenvalue weighted by Crippen LogP contribution is -2.71. The predicted molar refractivity (Wildman–Crippen MR) is 112 cm³/mol. The second kappa shape index (κ2) is 6.86. The summed E-state index contributed by atoms with van der Waals surface area (Å²) in [5, 5.41) is 3.91. The molecule has 0 unspecified atom stereocenters. The number of Topliss-reactive ketones (excluding diaryl/α,β-unsaturated/α-hetero) is 1. The molecule has 0 bridgehead atoms. The highest BCUT2D eigenvalue weighted by atomic mass is 16.1. The third-order valence-corrected chi connectivity index (χ3v) is 7.34. The van der Waals surface area contributed by atoms with Crippen molar-refractivity contribution in [3.8, 4) is 0 Å². The normalized spacial score (nSPS) is 27.9. The predicted octanol–water partition coefficient (Wildman–Crippen LogP) is 4.29. The summed E-state index contributed by atoms with van der Waals surface area (Å²) < 4.78 is 0. The highest BCUT2D eigenvalue weighted by Crippen LogP contribution is 2.52. The maximum atomic E-state index is 11.8. The van der Waals surface area contributed by atoms with Gasteiger partial charge in [-0.25, -0.2) is 0 Å². The molecule has 3 aliphatic rings. The highest BCUT2D eigenvalue weighted by Gasteiger charge is 2.57. The first kappa shape index (κ1) is 18.9. The Labute approximate surface area is 164 Å². The van der Waals surface area contributed by atoms with Crippen LogP contribution in [0.2, 0.25) is 0 Å². The van der Waals surface area contributed by atoms with Gasteiger partial charge in [-0.1, -0.05) is 48.9 Å². The summed E-state index contributed by atoms with van der Waals surface area (Å²) in [6.07, 6.45) is 7.39. The lowest BCUT2D eigenvalue weighted by molar-refractivity contribution is -0.149. The van der Waals surface area contributed by atoms with E-state index in [1.165, 1.54) is 24.8 Å². The number of carbonyl (C=O) groups excluding carboxylic acids is 1. The quantitative estimate of drug-likeness (QED) is 0.781. The van der Waals surface area contributed by atoms with E-state index in [2.05, 4.69) is 67.4 Å². The number of nitrogens with one attached hydrogen (secondary N) is 1. The summed E-state index contributed by atoms with van der Waals surface area (Å²) in [6, 6.07) is 12.1. The largest absolute Gasteiger partial charge is 0.311 e. The standard InChI is InChI=1S/C24H34N2O/c1-5-19(11-18-9-7-6-8-10-18)21-12-22(21)25-20-13-24(14-20)15-26(16-24)23(3,4)17(2)27/h6-11,20-22,25H,5,12-16H2,1-4H3/b19-11+/t21-,22+/m0/s1. The van der Waals surface area contributed by atoms with Crippen LogP contribution >= 0.6 is 0 Å². The smallest absolute Gasteiger partial charge is 0.149 e. The molecule has 1 N–H and O–H groups in total. The van der Waals surface area contributed by atoms with Crippen LogP contribution in [0.4, 0.5) is 0 Å². The van der Waals surface area contributed by atoms with Crippen molar-refractivity contribution in [1.82, 2.24) is 10.2 Å². The minimum Gasteiger partial charge on any atom is -0.311 e. The van der Waals surface area contributed by atoms with Crippen LogP contribution in [0.3, 0.4) is 0 Å². The molecule has 3 fully saturated rings. The first-order valence-corrected chi connectivity index (χ1v) is 10.6. The molecule has 2 atom stereocenters. The van der Waals surface area contributed by atoms with Gasteiger partial charge >= 0.3 is 0 Å². The second-order valence-electron chi connectivity index (χ2n) is 9.68. The number of benzene rings is 1. The van der Waals surface area contributed by atoms with Gasteiger partial charge in [-0.3, -0.25) is 9.69 Å². The van der Waals surface area contributed by atoms with Crippen LogP contribution in [0.1, 0.15) is 58.9 Å². The van der Waals surface area contributed by atoms with Crippen molar-refractivity contribution in [3.63, 3.8) is 0 Å². The molecule has 1 heterocycles. The van der Waals surface area contributed by atoms with E-state index in [0.717, 1.165) is 25.4 Å². The van der Waals surface area contributed by atoms with Crippen molar-refractivity contribution in [1.29, 1.82) is 0 Å². The van der Waals surface area contributed by atoms with Crippen molar-refractivity contribution in [2.45, 2.75) is 71.0 Å². The molecule has 0 aromatic heterocycles. The van der Waals surface area contributed by atoms with Gasteiger partial charge in [0.1, 0.15) is 5.78 Å². The fraction of sp³-hybridized carbons (Fsp3) is 0.625. The fourth-order valence-corrected chi connectivity index (χ4v) is 5.07. The molecule has 4 rings (SSSR count). The van der Waals surface area contributed by atoms with E-state index in [9.17, 15) is 4.79 Å². The molecule has 1 spiro atoms. The Morgan fingerprint density at radius 1 is 1.26 bits per heavy atom. The molecule has 3 nitrogen and oxygen atoms in total. The number of nitrogens with zero attached hydrogens (tertiary/aromatic N) is 1. The van der Waals surface area contributed by atoms with Gasteiger partial charge in [-0.2, -0.15) is 0 Å². The Morgan fingerprint density at radius 3 is 2.52 bits per heavy atom. The van der Waals surface area contributed by atoms with Crippen molar-refractivity contribution < 1.29 is 4.79 Å². The van der Waals surface area contributed by atoms with Gasteiger partial charge in [-0.15, -0.1) is 0 Å². The number of hydrogen-bond acceptors (Lipinski definition) is 3. The van der Waals surface area contributed by atoms with Gasteiger partial charge in [0.15, 0.2) is 0 Å². The first-order valence-electron chi connectivity index (χ1n) is 10.6. The number of hydrogen-bond donors (Lipinski definition) is 1. The molecule has 1 aliphatic heterocycles. The van der Waals surface area contributed by atoms with Crippen LogP contribution in [0, 0.1) is 11.3 Å². The summed E-state index contributed by atoms with van der Waals surface area (Å²) >= 11 is 0. The molecule has 27 heavy (non-hydrogen) atoms. The number of carbonyl (C=O) groups is 1. The molecule has 1 aromatic carbocycles. The van der Waals surface area contributed by atoms with E-state index in [4.69, 9.17) is 0 Å². The molecule has 2 aliphatic carbocycles. The zero-order chi connectivity index (χ0) is 19.2. The number of likely N-dealkylation sites (tertiary alicyclic amines) is 1. The Balaban J connectivity index is 1.24. The van der Waals surface area contributed by atoms with Gasteiger partial charge in [0.05, 0.1) is 5.54 Å². The van der Waals surface area contributed by atoms with E-state index in [-0.39, 0.29) is 11.3 Å². The lowest BCUT2D eigenvalue weighted by Gasteiger charge is -2.62. The average Bonchev–Trinajstić information content (AvgIpc) is 3.33. The molecule has 3 heteroatoms. The topological polar surface area (TPSA) is 32.3 Å². The summed E-state index contributed by atoms with van der Waals surface area (Å²) in [7, 11) is 0. The molecule has 1 saturated heterocycles. The van der Waals surface area contributed by atoms with Crippen LogP contribution in [0.25, 0.3) is 6.08 Å². The lowest BCUT2D eigenvalue weighted by atomic mass is 9.59. The maximum Gasteiger partial charge on any atom is 0.149 e. The van der Waals surface area contributed by atoms with E-state index in [1.807, 2.05) is 0 Å². The van der Waals surface area contributed by atoms with Gasteiger partial charge in [0, 0.05) is 25.2 Å². The maximum absolute atomic E-state index is 11.8. The highest BCUT2D eigenvalue weighted by molar-refractivity contribution is 5.85. The fourth-order valence-electron chi connectivity index (χ4n) is 5.07. The molecular weight excluding hydrogens is 332 g/mol. The molecule has 0 radical (unpaired) electrons. The zero-order valence-corrected chi connectivity index (χ0v) is 17.3. The SMILES string of the molecule is CC/C(=C\c1ccccc1)[C@@H]1C[C@H]1NC1CC2(C1)CN(C(C)(C)C(C)=O)C2. The zero-order valence-electron chi connectivity index (χ0n) is 17.3. The van der Waals surface area contributed by atoms with Crippen molar-refractivity contribution in [2.24, 2.45) is 11.3 Å². The Hall–Kier alpha value is -1.45. The van der Waals surface area contributed by atoms with Crippen LogP contribution in [0.5, 0.6) is 0 Å². The Kier molecular flexibility index (Phi) is 4.80. The monoisotopic (exact) mass is 366 g/mol. The molecular formula is C24H34N2O. The Bertz CT molecular complexity index is 722. The average molecular weight is 367 g/mol. The van der Waals surface area contributed by atoms with Gasteiger partial charge in [-0.05, 0) is 63.4 Å². The third kappa shape index (κ3) is 3.64. The molecule has 1 aromatic rings. The van der Waals surface area contributed by atoms with Crippen LogP contribution in [-0.4, -0.2) is 41.4 Å². The Morgan fingerprint density at radius 2 is 1.93 bits per heavy atom. The minimum absolute atomic E-state index is 0.282. The summed E-state index contributed by atoms with van der Waals surface area (Å²) in [5.74, 6) is 1.01. The summed E-state index contributed by atoms with van der Waals surface area (Å²) in [6.45, 7) is 10.3. The number of ketones is 1. The minimum atomic E-state index is -0.288. The molecule has 2 saturated carbocycles. The number of rotatable bonds is 7. The van der Waals surface area contributed by atoms with Crippen molar-refractivity contribution in [2.75, 3.05) is 13.1 Å². The van der Waals surface area contributed by atoms with Gasteiger partial charge in [0.2, 0.25) is 0 Å². The van der Waals surface area contributed by atoms with E-state index >= 15 is 0 Å². The van der Waals surface area contributed by atoms with Crippen LogP contribution in [0.15, 0.2) is 35.9 Å². The van der Waals surface area contributed by atoms with Gasteiger partial charge < -0.3 is 5.32 Å². The van der Waals surface area contributed by atoms with E-state index in [1.54, 1.807) is 12.5 Å². The second-order valence-corrected chi connectivity index (χ2v) is 9.68. The van der Waals surface area contributed by atoms with Crippen LogP contribution < -0.4 is 5.32 Å². The van der Waals surface area contributed by atoms with Crippen molar-refractivity contribution in [3.05, 3.63) is 41.5 Å². The third-order valence-electron chi connectivity index (χ3n) is 7.34. The van der Waals surface area contributed by atoms with E-state index in [0.29, 0.717) is 17.5 Å². The summed E-state index contributed by atoms with van der Waals surface area (Å²) in [5.41, 5.74) is 3.11. The van der Waals surface area contributed by atoms with Crippen LogP contribution in [-0.2, 0) is 4.79 Å². The van der Waals surface area contributed by atoms with Crippen molar-refractivity contribution >= 4 is 11.9 Å².